The number of nitrogens with zero attached hydrogens (tertiary/aromatic N) is 1. The standard InChI is InChI=1S/C11H19N3O2/c1-7-5-12-6-9(7)11(16)14-4-3-13-10(15)8(14)2/h7-9,12H,3-6H2,1-2H3,(H,13,15). The molecule has 2 N–H and O–H groups in total. The molecular formula is C11H19N3O2. The lowest BCUT2D eigenvalue weighted by molar-refractivity contribution is -0.145. The van der Waals surface area contributed by atoms with Crippen LogP contribution in [0.25, 0.3) is 0 Å². The molecule has 0 aromatic heterocycles. The van der Waals surface area contributed by atoms with Gasteiger partial charge >= 0.3 is 0 Å². The summed E-state index contributed by atoms with van der Waals surface area (Å²) < 4.78 is 0. The predicted molar refractivity (Wildman–Crippen MR) is 59.7 cm³/mol. The van der Waals surface area contributed by atoms with E-state index in [-0.39, 0.29) is 23.8 Å². The summed E-state index contributed by atoms with van der Waals surface area (Å²) in [6.07, 6.45) is 0. The van der Waals surface area contributed by atoms with E-state index in [1.807, 2.05) is 0 Å². The van der Waals surface area contributed by atoms with Gasteiger partial charge < -0.3 is 15.5 Å². The molecule has 0 spiro atoms. The largest absolute Gasteiger partial charge is 0.353 e. The van der Waals surface area contributed by atoms with E-state index in [4.69, 9.17) is 0 Å². The van der Waals surface area contributed by atoms with Crippen LogP contribution < -0.4 is 10.6 Å². The highest BCUT2D eigenvalue weighted by atomic mass is 16.2. The summed E-state index contributed by atoms with van der Waals surface area (Å²) in [7, 11) is 0. The Hall–Kier alpha value is -1.10. The van der Waals surface area contributed by atoms with Crippen molar-refractivity contribution >= 4 is 11.8 Å². The van der Waals surface area contributed by atoms with Gasteiger partial charge in [0.2, 0.25) is 11.8 Å². The minimum absolute atomic E-state index is 0.0355. The van der Waals surface area contributed by atoms with E-state index >= 15 is 0 Å². The van der Waals surface area contributed by atoms with Crippen molar-refractivity contribution in [3.8, 4) is 0 Å². The van der Waals surface area contributed by atoms with Gasteiger partial charge in [-0.25, -0.2) is 0 Å². The molecule has 2 saturated heterocycles. The van der Waals surface area contributed by atoms with Crippen molar-refractivity contribution < 1.29 is 9.59 Å². The summed E-state index contributed by atoms with van der Waals surface area (Å²) in [6, 6.07) is -0.325. The number of carbonyl (C=O) groups excluding carboxylic acids is 2. The predicted octanol–water partition coefficient (Wildman–Crippen LogP) is -0.811. The van der Waals surface area contributed by atoms with Crippen molar-refractivity contribution in [2.24, 2.45) is 11.8 Å². The third kappa shape index (κ3) is 1.91. The smallest absolute Gasteiger partial charge is 0.242 e. The molecule has 2 aliphatic rings. The Morgan fingerprint density at radius 3 is 2.75 bits per heavy atom. The molecule has 0 bridgehead atoms. The van der Waals surface area contributed by atoms with Crippen molar-refractivity contribution in [2.45, 2.75) is 19.9 Å². The maximum Gasteiger partial charge on any atom is 0.242 e. The molecule has 0 aromatic carbocycles. The molecule has 5 nitrogen and oxygen atoms in total. The number of piperazine rings is 1. The maximum atomic E-state index is 12.3. The molecule has 0 saturated carbocycles. The van der Waals surface area contributed by atoms with Crippen LogP contribution in [0.3, 0.4) is 0 Å². The molecule has 2 fully saturated rings. The average molecular weight is 225 g/mol. The van der Waals surface area contributed by atoms with Crippen molar-refractivity contribution in [1.82, 2.24) is 15.5 Å². The van der Waals surface area contributed by atoms with Crippen molar-refractivity contribution in [3.05, 3.63) is 0 Å². The van der Waals surface area contributed by atoms with E-state index < -0.39 is 0 Å². The SMILES string of the molecule is CC1CNCC1C(=O)N1CCNC(=O)C1C. The summed E-state index contributed by atoms with van der Waals surface area (Å²) >= 11 is 0. The van der Waals surface area contributed by atoms with Gasteiger partial charge in [-0.2, -0.15) is 0 Å². The van der Waals surface area contributed by atoms with E-state index in [9.17, 15) is 9.59 Å². The molecule has 2 amide bonds. The Bertz CT molecular complexity index is 306. The quantitative estimate of drug-likeness (QED) is 0.613. The molecule has 0 aliphatic carbocycles. The lowest BCUT2D eigenvalue weighted by atomic mass is 9.95. The molecule has 16 heavy (non-hydrogen) atoms. The first-order valence-electron chi connectivity index (χ1n) is 5.90. The van der Waals surface area contributed by atoms with Crippen LogP contribution in [0.15, 0.2) is 0 Å². The van der Waals surface area contributed by atoms with Gasteiger partial charge in [0, 0.05) is 19.6 Å². The highest BCUT2D eigenvalue weighted by Gasteiger charge is 2.37. The first-order valence-corrected chi connectivity index (χ1v) is 5.90. The zero-order valence-electron chi connectivity index (χ0n) is 9.82. The van der Waals surface area contributed by atoms with Gasteiger partial charge in [0.25, 0.3) is 0 Å². The van der Waals surface area contributed by atoms with Gasteiger partial charge in [0.05, 0.1) is 5.92 Å². The highest BCUT2D eigenvalue weighted by molar-refractivity contribution is 5.89. The number of amides is 2. The average Bonchev–Trinajstić information content (AvgIpc) is 2.68. The van der Waals surface area contributed by atoms with E-state index in [1.165, 1.54) is 0 Å². The lowest BCUT2D eigenvalue weighted by Gasteiger charge is -2.35. The van der Waals surface area contributed by atoms with Crippen molar-refractivity contribution in [3.63, 3.8) is 0 Å². The van der Waals surface area contributed by atoms with Gasteiger partial charge in [0.15, 0.2) is 0 Å². The number of rotatable bonds is 1. The van der Waals surface area contributed by atoms with Crippen LogP contribution >= 0.6 is 0 Å². The minimum atomic E-state index is -0.325. The van der Waals surface area contributed by atoms with Crippen LogP contribution in [-0.2, 0) is 9.59 Å². The van der Waals surface area contributed by atoms with Crippen molar-refractivity contribution in [2.75, 3.05) is 26.2 Å². The fourth-order valence-corrected chi connectivity index (χ4v) is 2.44. The summed E-state index contributed by atoms with van der Waals surface area (Å²) in [5.74, 6) is 0.482. The van der Waals surface area contributed by atoms with Crippen LogP contribution in [-0.4, -0.2) is 48.9 Å². The molecule has 3 unspecified atom stereocenters. The molecule has 3 atom stereocenters. The van der Waals surface area contributed by atoms with Crippen LogP contribution in [0.4, 0.5) is 0 Å². The number of carbonyl (C=O) groups is 2. The third-order valence-corrected chi connectivity index (χ3v) is 3.62. The van der Waals surface area contributed by atoms with Gasteiger partial charge in [-0.3, -0.25) is 9.59 Å². The summed E-state index contributed by atoms with van der Waals surface area (Å²) in [5.41, 5.74) is 0. The van der Waals surface area contributed by atoms with Crippen molar-refractivity contribution in [1.29, 1.82) is 0 Å². The second-order valence-electron chi connectivity index (χ2n) is 4.74. The lowest BCUT2D eigenvalue weighted by Crippen LogP contribution is -2.57. The molecule has 0 radical (unpaired) electrons. The van der Waals surface area contributed by atoms with Crippen LogP contribution in [0.2, 0.25) is 0 Å². The van der Waals surface area contributed by atoms with Crippen LogP contribution in [0.5, 0.6) is 0 Å². The number of hydrogen-bond donors (Lipinski definition) is 2. The van der Waals surface area contributed by atoms with E-state index in [1.54, 1.807) is 11.8 Å². The third-order valence-electron chi connectivity index (χ3n) is 3.62. The fraction of sp³-hybridized carbons (Fsp3) is 0.818. The summed E-state index contributed by atoms with van der Waals surface area (Å²) in [6.45, 7) is 6.71. The highest BCUT2D eigenvalue weighted by Crippen LogP contribution is 2.20. The molecule has 2 aliphatic heterocycles. The van der Waals surface area contributed by atoms with Gasteiger partial charge in [0.1, 0.15) is 6.04 Å². The minimum Gasteiger partial charge on any atom is -0.353 e. The first-order chi connectivity index (χ1) is 7.61. The fourth-order valence-electron chi connectivity index (χ4n) is 2.44. The Morgan fingerprint density at radius 1 is 1.38 bits per heavy atom. The maximum absolute atomic E-state index is 12.3. The van der Waals surface area contributed by atoms with Gasteiger partial charge in [-0.1, -0.05) is 6.92 Å². The Labute approximate surface area is 95.6 Å². The number of hydrogen-bond acceptors (Lipinski definition) is 3. The van der Waals surface area contributed by atoms with E-state index in [0.717, 1.165) is 13.1 Å². The monoisotopic (exact) mass is 225 g/mol. The Kier molecular flexibility index (Phi) is 3.14. The van der Waals surface area contributed by atoms with Gasteiger partial charge in [-0.15, -0.1) is 0 Å². The van der Waals surface area contributed by atoms with Gasteiger partial charge in [-0.05, 0) is 19.4 Å². The second kappa shape index (κ2) is 4.41. The summed E-state index contributed by atoms with van der Waals surface area (Å²) in [4.78, 5) is 25.5. The zero-order chi connectivity index (χ0) is 11.7. The van der Waals surface area contributed by atoms with Crippen LogP contribution in [0.1, 0.15) is 13.8 Å². The molecule has 5 heteroatoms. The molecule has 2 rings (SSSR count). The Morgan fingerprint density at radius 2 is 2.12 bits per heavy atom. The molecule has 2 heterocycles. The van der Waals surface area contributed by atoms with Crippen LogP contribution in [0, 0.1) is 11.8 Å². The molecular weight excluding hydrogens is 206 g/mol. The summed E-state index contributed by atoms with van der Waals surface area (Å²) in [5, 5.41) is 5.99. The van der Waals surface area contributed by atoms with E-state index in [0.29, 0.717) is 19.0 Å². The first kappa shape index (κ1) is 11.4. The molecule has 90 valence electrons. The zero-order valence-corrected chi connectivity index (χ0v) is 9.82. The van der Waals surface area contributed by atoms with E-state index in [2.05, 4.69) is 17.6 Å². The Balaban J connectivity index is 2.05. The topological polar surface area (TPSA) is 61.4 Å². The second-order valence-corrected chi connectivity index (χ2v) is 4.74. The number of nitrogens with one attached hydrogen (secondary N) is 2. The molecule has 0 aromatic rings. The normalized spacial score (nSPS) is 35.0.